The minimum absolute atomic E-state index is 0.0792. The molecule has 1 atom stereocenters. The number of carbonyl (C=O) groups is 1. The first-order valence-corrected chi connectivity index (χ1v) is 13.6. The summed E-state index contributed by atoms with van der Waals surface area (Å²) in [7, 11) is 0. The van der Waals surface area contributed by atoms with E-state index in [4.69, 9.17) is 0 Å². The normalized spacial score (nSPS) is 19.2. The van der Waals surface area contributed by atoms with Crippen molar-refractivity contribution in [2.24, 2.45) is 5.92 Å². The highest BCUT2D eigenvalue weighted by molar-refractivity contribution is 7.10. The molecule has 184 valence electrons. The topological polar surface area (TPSA) is 68.7 Å². The summed E-state index contributed by atoms with van der Waals surface area (Å²) in [6.07, 6.45) is 4.16. The quantitative estimate of drug-likeness (QED) is 0.513. The first kappa shape index (κ1) is 24.0. The summed E-state index contributed by atoms with van der Waals surface area (Å²) < 4.78 is 0. The van der Waals surface area contributed by atoms with Crippen LogP contribution in [0.3, 0.4) is 0 Å². The van der Waals surface area contributed by atoms with Gasteiger partial charge in [0.1, 0.15) is 0 Å². The van der Waals surface area contributed by atoms with E-state index >= 15 is 0 Å². The Morgan fingerprint density at radius 3 is 2.54 bits per heavy atom. The van der Waals surface area contributed by atoms with Gasteiger partial charge in [-0.25, -0.2) is 4.98 Å². The minimum atomic E-state index is 0.0792. The number of amides is 1. The number of nitrogens with zero attached hydrogens (tertiary/aromatic N) is 3. The second-order valence-electron chi connectivity index (χ2n) is 9.62. The van der Waals surface area contributed by atoms with Crippen molar-refractivity contribution in [3.8, 4) is 11.3 Å². The summed E-state index contributed by atoms with van der Waals surface area (Å²) in [4.78, 5) is 23.1. The van der Waals surface area contributed by atoms with Crippen LogP contribution in [0.2, 0.25) is 0 Å². The van der Waals surface area contributed by atoms with E-state index < -0.39 is 0 Å². The molecule has 2 fully saturated rings. The molecule has 3 aromatic rings. The van der Waals surface area contributed by atoms with Gasteiger partial charge in [-0.3, -0.25) is 4.79 Å². The number of anilines is 1. The van der Waals surface area contributed by atoms with Gasteiger partial charge in [-0.05, 0) is 55.9 Å². The Balaban J connectivity index is 1.12. The first-order chi connectivity index (χ1) is 17.2. The van der Waals surface area contributed by atoms with Gasteiger partial charge >= 0.3 is 0 Å². The zero-order valence-electron chi connectivity index (χ0n) is 20.1. The van der Waals surface area contributed by atoms with Crippen molar-refractivity contribution >= 4 is 22.9 Å². The van der Waals surface area contributed by atoms with Gasteiger partial charge in [-0.1, -0.05) is 30.3 Å². The highest BCUT2D eigenvalue weighted by Gasteiger charge is 2.25. The maximum Gasteiger partial charge on any atom is 0.253 e. The number of aliphatic hydroxyl groups is 1. The van der Waals surface area contributed by atoms with Crippen LogP contribution >= 0.6 is 11.3 Å². The molecule has 6 nitrogen and oxygen atoms in total. The smallest absolute Gasteiger partial charge is 0.253 e. The lowest BCUT2D eigenvalue weighted by Gasteiger charge is -2.34. The largest absolute Gasteiger partial charge is 0.396 e. The van der Waals surface area contributed by atoms with Crippen LogP contribution in [0.4, 0.5) is 5.69 Å². The highest BCUT2D eigenvalue weighted by atomic mass is 32.1. The molecule has 1 unspecified atom stereocenters. The highest BCUT2D eigenvalue weighted by Crippen LogP contribution is 2.26. The van der Waals surface area contributed by atoms with Crippen LogP contribution < -0.4 is 10.2 Å². The van der Waals surface area contributed by atoms with Gasteiger partial charge in [-0.15, -0.1) is 11.3 Å². The lowest BCUT2D eigenvalue weighted by Crippen LogP contribution is -2.42. The minimum Gasteiger partial charge on any atom is -0.396 e. The van der Waals surface area contributed by atoms with Crippen molar-refractivity contribution in [2.45, 2.75) is 38.3 Å². The van der Waals surface area contributed by atoms with Gasteiger partial charge in [0.15, 0.2) is 0 Å². The van der Waals surface area contributed by atoms with Crippen molar-refractivity contribution in [1.82, 2.24) is 15.2 Å². The second-order valence-corrected chi connectivity index (χ2v) is 10.6. The molecule has 5 rings (SSSR count). The number of nitrogens with one attached hydrogen (secondary N) is 1. The molecule has 2 aromatic carbocycles. The van der Waals surface area contributed by atoms with Crippen LogP contribution in [0.15, 0.2) is 60.1 Å². The zero-order chi connectivity index (χ0) is 24.0. The predicted molar refractivity (Wildman–Crippen MR) is 142 cm³/mol. The Morgan fingerprint density at radius 1 is 1.03 bits per heavy atom. The molecule has 1 aromatic heterocycles. The lowest BCUT2D eigenvalue weighted by atomic mass is 9.98. The van der Waals surface area contributed by atoms with E-state index in [1.807, 2.05) is 28.6 Å². The van der Waals surface area contributed by atoms with Crippen LogP contribution in [-0.4, -0.2) is 59.7 Å². The molecule has 0 radical (unpaired) electrons. The van der Waals surface area contributed by atoms with E-state index in [0.717, 1.165) is 63.1 Å². The third-order valence-corrected chi connectivity index (χ3v) is 8.11. The molecule has 2 N–H and O–H groups in total. The van der Waals surface area contributed by atoms with Crippen LogP contribution in [0.25, 0.3) is 11.3 Å². The molecule has 35 heavy (non-hydrogen) atoms. The number of thiazole rings is 1. The summed E-state index contributed by atoms with van der Waals surface area (Å²) >= 11 is 1.72. The van der Waals surface area contributed by atoms with Crippen LogP contribution in [-0.2, 0) is 6.54 Å². The van der Waals surface area contributed by atoms with Gasteiger partial charge in [0.2, 0.25) is 0 Å². The average Bonchev–Trinajstić information content (AvgIpc) is 3.41. The van der Waals surface area contributed by atoms with E-state index in [9.17, 15) is 9.90 Å². The van der Waals surface area contributed by atoms with Crippen LogP contribution in [0.1, 0.15) is 40.9 Å². The zero-order valence-corrected chi connectivity index (χ0v) is 20.9. The van der Waals surface area contributed by atoms with Gasteiger partial charge in [0.25, 0.3) is 5.91 Å². The molecule has 1 amide bonds. The third-order valence-electron chi connectivity index (χ3n) is 7.28. The summed E-state index contributed by atoms with van der Waals surface area (Å²) in [5.74, 6) is 0.290. The van der Waals surface area contributed by atoms with Crippen molar-refractivity contribution in [1.29, 1.82) is 0 Å². The molecule has 2 aliphatic rings. The fraction of sp³-hybridized carbons (Fsp3) is 0.429. The standard InChI is InChI=1S/C28H34N4O2S/c33-19-21-5-4-14-32(18-21)28(34)23-8-10-25(11-9-23)31-15-12-24(13-16-31)29-17-26-27(30-20-35-26)22-6-2-1-3-7-22/h1-3,6-11,20-21,24,29,33H,4-5,12-19H2. The summed E-state index contributed by atoms with van der Waals surface area (Å²) in [5, 5.41) is 13.2. The summed E-state index contributed by atoms with van der Waals surface area (Å²) in [6, 6.07) is 19.0. The Hall–Kier alpha value is -2.74. The molecular weight excluding hydrogens is 456 g/mol. The fourth-order valence-electron chi connectivity index (χ4n) is 5.20. The van der Waals surface area contributed by atoms with Crippen LogP contribution in [0.5, 0.6) is 0 Å². The molecular formula is C28H34N4O2S. The number of piperidine rings is 2. The summed E-state index contributed by atoms with van der Waals surface area (Å²) in [6.45, 7) is 4.46. The second kappa shape index (κ2) is 11.3. The van der Waals surface area contributed by atoms with E-state index in [0.29, 0.717) is 12.6 Å². The molecule has 2 saturated heterocycles. The molecule has 7 heteroatoms. The van der Waals surface area contributed by atoms with Crippen molar-refractivity contribution < 1.29 is 9.90 Å². The Labute approximate surface area is 211 Å². The predicted octanol–water partition coefficient (Wildman–Crippen LogP) is 4.41. The first-order valence-electron chi connectivity index (χ1n) is 12.7. The van der Waals surface area contributed by atoms with E-state index in [2.05, 4.69) is 51.6 Å². The monoisotopic (exact) mass is 490 g/mol. The Kier molecular flexibility index (Phi) is 7.76. The number of benzene rings is 2. The van der Waals surface area contributed by atoms with Gasteiger partial charge in [0, 0.05) is 67.1 Å². The van der Waals surface area contributed by atoms with E-state index in [1.165, 1.54) is 16.1 Å². The Bertz CT molecular complexity index is 1090. The number of rotatable bonds is 7. The average molecular weight is 491 g/mol. The van der Waals surface area contributed by atoms with Crippen molar-refractivity contribution in [3.05, 3.63) is 70.5 Å². The number of likely N-dealkylation sites (tertiary alicyclic amines) is 1. The third kappa shape index (κ3) is 5.74. The number of aliphatic hydroxyl groups excluding tert-OH is 1. The van der Waals surface area contributed by atoms with E-state index in [-0.39, 0.29) is 18.4 Å². The number of carbonyl (C=O) groups excluding carboxylic acids is 1. The maximum absolute atomic E-state index is 12.9. The van der Waals surface area contributed by atoms with E-state index in [1.54, 1.807) is 11.3 Å². The van der Waals surface area contributed by atoms with Gasteiger partial charge in [0.05, 0.1) is 11.2 Å². The maximum atomic E-state index is 12.9. The lowest BCUT2D eigenvalue weighted by molar-refractivity contribution is 0.0620. The van der Waals surface area contributed by atoms with Crippen molar-refractivity contribution in [2.75, 3.05) is 37.7 Å². The molecule has 0 aliphatic carbocycles. The van der Waals surface area contributed by atoms with Gasteiger partial charge in [-0.2, -0.15) is 0 Å². The number of hydrogen-bond donors (Lipinski definition) is 2. The number of aromatic nitrogens is 1. The fourth-order valence-corrected chi connectivity index (χ4v) is 5.94. The van der Waals surface area contributed by atoms with Crippen molar-refractivity contribution in [3.63, 3.8) is 0 Å². The molecule has 0 saturated carbocycles. The molecule has 2 aliphatic heterocycles. The SMILES string of the molecule is O=C(c1ccc(N2CCC(NCc3scnc3-c3ccccc3)CC2)cc1)N1CCCC(CO)C1. The number of hydrogen-bond acceptors (Lipinski definition) is 6. The Morgan fingerprint density at radius 2 is 1.80 bits per heavy atom. The van der Waals surface area contributed by atoms with Crippen LogP contribution in [0, 0.1) is 5.92 Å². The summed E-state index contributed by atoms with van der Waals surface area (Å²) in [5.41, 5.74) is 6.12. The molecule has 3 heterocycles. The molecule has 0 bridgehead atoms. The molecule has 0 spiro atoms. The van der Waals surface area contributed by atoms with Gasteiger partial charge < -0.3 is 20.2 Å².